The molecule has 3 heterocycles. The van der Waals surface area contributed by atoms with Crippen LogP contribution in [0.2, 0.25) is 0 Å². The van der Waals surface area contributed by atoms with Crippen LogP contribution in [0.4, 0.5) is 15.8 Å². The maximum absolute atomic E-state index is 14.1. The van der Waals surface area contributed by atoms with Gasteiger partial charge in [0, 0.05) is 64.3 Å². The van der Waals surface area contributed by atoms with Gasteiger partial charge in [0.25, 0.3) is 0 Å². The summed E-state index contributed by atoms with van der Waals surface area (Å²) in [5.74, 6) is -0.453. The quantitative estimate of drug-likeness (QED) is 0.610. The van der Waals surface area contributed by atoms with Crippen molar-refractivity contribution in [2.24, 2.45) is 5.92 Å². The molecule has 37 heavy (non-hydrogen) atoms. The number of piperidine rings is 1. The molecule has 0 N–H and O–H groups in total. The van der Waals surface area contributed by atoms with Gasteiger partial charge in [0.1, 0.15) is 5.82 Å². The number of nitrogens with zero attached hydrogens (tertiary/aromatic N) is 4. The van der Waals surface area contributed by atoms with E-state index in [0.717, 1.165) is 24.1 Å². The van der Waals surface area contributed by atoms with Crippen LogP contribution >= 0.6 is 0 Å². The van der Waals surface area contributed by atoms with E-state index < -0.39 is 10.0 Å². The number of hydrogen-bond donors (Lipinski definition) is 0. The third-order valence-electron chi connectivity index (χ3n) is 7.78. The summed E-state index contributed by atoms with van der Waals surface area (Å²) in [5, 5.41) is 0. The molecule has 2 aromatic rings. The van der Waals surface area contributed by atoms with Gasteiger partial charge in [0.05, 0.1) is 10.6 Å². The number of anilines is 2. The third kappa shape index (κ3) is 5.09. The first-order valence-electron chi connectivity index (χ1n) is 12.9. The second-order valence-electron chi connectivity index (χ2n) is 10.0. The van der Waals surface area contributed by atoms with E-state index in [1.165, 1.54) is 17.3 Å². The van der Waals surface area contributed by atoms with Crippen LogP contribution in [0.25, 0.3) is 0 Å². The molecule has 2 amide bonds. The predicted molar refractivity (Wildman–Crippen MR) is 139 cm³/mol. The van der Waals surface area contributed by atoms with Crippen molar-refractivity contribution in [2.75, 3.05) is 55.6 Å². The lowest BCUT2D eigenvalue weighted by Gasteiger charge is -2.39. The Morgan fingerprint density at radius 2 is 1.59 bits per heavy atom. The van der Waals surface area contributed by atoms with Crippen LogP contribution in [0.1, 0.15) is 31.7 Å². The smallest absolute Gasteiger partial charge is 0.243 e. The average molecular weight is 529 g/mol. The highest BCUT2D eigenvalue weighted by Crippen LogP contribution is 2.32. The molecule has 0 spiro atoms. The fraction of sp³-hybridized carbons (Fsp3) is 0.481. The first-order valence-corrected chi connectivity index (χ1v) is 14.4. The number of benzene rings is 2. The Bertz CT molecular complexity index is 1290. The van der Waals surface area contributed by atoms with E-state index in [1.54, 1.807) is 35.2 Å². The van der Waals surface area contributed by atoms with E-state index in [9.17, 15) is 22.4 Å². The van der Waals surface area contributed by atoms with Crippen LogP contribution in [0.5, 0.6) is 0 Å². The maximum atomic E-state index is 14.1. The molecule has 0 bridgehead atoms. The van der Waals surface area contributed by atoms with Crippen molar-refractivity contribution in [3.63, 3.8) is 0 Å². The number of para-hydroxylation sites is 1. The van der Waals surface area contributed by atoms with Gasteiger partial charge in [-0.05, 0) is 61.6 Å². The van der Waals surface area contributed by atoms with Crippen molar-refractivity contribution >= 4 is 33.2 Å². The number of aryl methyl sites for hydroxylation is 1. The molecule has 0 atom stereocenters. The van der Waals surface area contributed by atoms with Crippen LogP contribution < -0.4 is 9.80 Å². The lowest BCUT2D eigenvalue weighted by Crippen LogP contribution is -2.52. The number of fused-ring (bicyclic) bond motifs is 1. The minimum absolute atomic E-state index is 0.0445. The van der Waals surface area contributed by atoms with Gasteiger partial charge >= 0.3 is 0 Å². The van der Waals surface area contributed by atoms with Crippen LogP contribution in [-0.2, 0) is 26.0 Å². The molecule has 0 aliphatic carbocycles. The van der Waals surface area contributed by atoms with Crippen LogP contribution in [-0.4, -0.2) is 75.3 Å². The Balaban J connectivity index is 1.18. The van der Waals surface area contributed by atoms with Gasteiger partial charge in [-0.25, -0.2) is 12.8 Å². The summed E-state index contributed by atoms with van der Waals surface area (Å²) in [7, 11) is -3.69. The largest absolute Gasteiger partial charge is 0.366 e. The summed E-state index contributed by atoms with van der Waals surface area (Å²) in [6.07, 6.45) is 2.50. The Hall–Kier alpha value is -2.98. The SMILES string of the molecule is CC(=O)N1CCCc2cc(S(=O)(=O)N3CCC(C(=O)N4CCN(c5ccccc5F)CC4)CC3)ccc21. The Morgan fingerprint density at radius 3 is 2.27 bits per heavy atom. The predicted octanol–water partition coefficient (Wildman–Crippen LogP) is 2.87. The zero-order valence-corrected chi connectivity index (χ0v) is 21.9. The number of carbonyl (C=O) groups is 2. The molecule has 2 saturated heterocycles. The molecule has 10 heteroatoms. The van der Waals surface area contributed by atoms with Crippen molar-refractivity contribution in [1.82, 2.24) is 9.21 Å². The fourth-order valence-corrected chi connectivity index (χ4v) is 7.21. The van der Waals surface area contributed by atoms with Gasteiger partial charge < -0.3 is 14.7 Å². The fourth-order valence-electron chi connectivity index (χ4n) is 5.69. The van der Waals surface area contributed by atoms with Gasteiger partial charge in [-0.2, -0.15) is 4.31 Å². The standard InChI is InChI=1S/C27H33FN4O4S/c1-20(33)32-12-4-5-22-19-23(8-9-25(22)32)37(35,36)31-13-10-21(11-14-31)27(34)30-17-15-29(16-18-30)26-7-3-2-6-24(26)28/h2-3,6-9,19,21H,4-5,10-18H2,1H3. The Morgan fingerprint density at radius 1 is 0.892 bits per heavy atom. The molecule has 198 valence electrons. The normalized spacial score (nSPS) is 19.6. The van der Waals surface area contributed by atoms with Crippen molar-refractivity contribution < 1.29 is 22.4 Å². The zero-order valence-electron chi connectivity index (χ0n) is 21.1. The Labute approximate surface area is 217 Å². The van der Waals surface area contributed by atoms with E-state index in [4.69, 9.17) is 0 Å². The molecule has 3 aliphatic heterocycles. The van der Waals surface area contributed by atoms with E-state index in [1.807, 2.05) is 15.9 Å². The molecule has 8 nitrogen and oxygen atoms in total. The van der Waals surface area contributed by atoms with Crippen molar-refractivity contribution in [3.05, 3.63) is 53.8 Å². The summed E-state index contributed by atoms with van der Waals surface area (Å²) < 4.78 is 42.3. The number of rotatable bonds is 4. The molecule has 5 rings (SSSR count). The van der Waals surface area contributed by atoms with Gasteiger partial charge in [0.2, 0.25) is 21.8 Å². The lowest BCUT2D eigenvalue weighted by atomic mass is 9.96. The highest BCUT2D eigenvalue weighted by Gasteiger charge is 2.35. The average Bonchev–Trinajstić information content (AvgIpc) is 2.92. The minimum atomic E-state index is -3.69. The van der Waals surface area contributed by atoms with Crippen LogP contribution in [0, 0.1) is 11.7 Å². The van der Waals surface area contributed by atoms with Crippen LogP contribution in [0.15, 0.2) is 47.4 Å². The van der Waals surface area contributed by atoms with Gasteiger partial charge in [-0.15, -0.1) is 0 Å². The monoisotopic (exact) mass is 528 g/mol. The van der Waals surface area contributed by atoms with Gasteiger partial charge in [-0.1, -0.05) is 12.1 Å². The number of halogens is 1. The molecular weight excluding hydrogens is 495 g/mol. The molecule has 0 aromatic heterocycles. The van der Waals surface area contributed by atoms with Gasteiger partial charge in [0.15, 0.2) is 0 Å². The Kier molecular flexibility index (Phi) is 7.22. The first-order chi connectivity index (χ1) is 17.8. The molecular formula is C27H33FN4O4S. The number of carbonyl (C=O) groups excluding carboxylic acids is 2. The lowest BCUT2D eigenvalue weighted by molar-refractivity contribution is -0.137. The van der Waals surface area contributed by atoms with E-state index in [2.05, 4.69) is 0 Å². The highest BCUT2D eigenvalue weighted by atomic mass is 32.2. The van der Waals surface area contributed by atoms with Gasteiger partial charge in [-0.3, -0.25) is 9.59 Å². The van der Waals surface area contributed by atoms with Crippen molar-refractivity contribution in [1.29, 1.82) is 0 Å². The molecule has 2 aromatic carbocycles. The molecule has 3 aliphatic rings. The van der Waals surface area contributed by atoms with Crippen molar-refractivity contribution in [3.8, 4) is 0 Å². The summed E-state index contributed by atoms with van der Waals surface area (Å²) >= 11 is 0. The minimum Gasteiger partial charge on any atom is -0.366 e. The topological polar surface area (TPSA) is 81.2 Å². The summed E-state index contributed by atoms with van der Waals surface area (Å²) in [5.41, 5.74) is 2.23. The summed E-state index contributed by atoms with van der Waals surface area (Å²) in [6.45, 7) is 4.95. The molecule has 0 radical (unpaired) electrons. The number of hydrogen-bond acceptors (Lipinski definition) is 5. The number of sulfonamides is 1. The van der Waals surface area contributed by atoms with Crippen LogP contribution in [0.3, 0.4) is 0 Å². The van der Waals surface area contributed by atoms with E-state index >= 15 is 0 Å². The summed E-state index contributed by atoms with van der Waals surface area (Å²) in [6, 6.07) is 11.7. The van der Waals surface area contributed by atoms with E-state index in [0.29, 0.717) is 64.3 Å². The molecule has 0 saturated carbocycles. The first kappa shape index (κ1) is 25.7. The number of amides is 2. The molecule has 2 fully saturated rings. The number of piperazine rings is 1. The molecule has 0 unspecified atom stereocenters. The third-order valence-corrected chi connectivity index (χ3v) is 9.67. The second kappa shape index (κ2) is 10.4. The summed E-state index contributed by atoms with van der Waals surface area (Å²) in [4.78, 5) is 30.8. The highest BCUT2D eigenvalue weighted by molar-refractivity contribution is 7.89. The van der Waals surface area contributed by atoms with E-state index in [-0.39, 0.29) is 28.4 Å². The second-order valence-corrected chi connectivity index (χ2v) is 11.9. The maximum Gasteiger partial charge on any atom is 0.243 e. The zero-order chi connectivity index (χ0) is 26.2. The van der Waals surface area contributed by atoms with Crippen molar-refractivity contribution in [2.45, 2.75) is 37.5 Å².